The molecular weight excluding hydrogens is 413 g/mol. The third-order valence-electron chi connectivity index (χ3n) is 2.22. The number of rotatable bonds is 4. The fourth-order valence-electron chi connectivity index (χ4n) is 1.40. The van der Waals surface area contributed by atoms with E-state index in [-0.39, 0.29) is 6.10 Å². The Morgan fingerprint density at radius 1 is 1.24 bits per heavy atom. The minimum Gasteiger partial charge on any atom is -0.484 e. The van der Waals surface area contributed by atoms with Crippen molar-refractivity contribution in [3.05, 3.63) is 48.6 Å². The van der Waals surface area contributed by atoms with Crippen LogP contribution in [0.3, 0.4) is 0 Å². The van der Waals surface area contributed by atoms with Gasteiger partial charge in [-0.25, -0.2) is 0 Å². The maximum atomic E-state index is 5.88. The lowest BCUT2D eigenvalue weighted by molar-refractivity contribution is 0.218. The molecule has 2 aromatic rings. The average Bonchev–Trinajstić information content (AvgIpc) is 2.75. The minimum absolute atomic E-state index is 0.0774. The van der Waals surface area contributed by atoms with E-state index < -0.39 is 0 Å². The quantitative estimate of drug-likeness (QED) is 0.748. The number of ether oxygens (including phenoxy) is 1. The van der Waals surface area contributed by atoms with Gasteiger partial charge in [0.1, 0.15) is 11.9 Å². The first-order chi connectivity index (χ1) is 8.19. The van der Waals surface area contributed by atoms with Gasteiger partial charge in [-0.1, -0.05) is 0 Å². The van der Waals surface area contributed by atoms with Crippen molar-refractivity contribution in [2.75, 3.05) is 6.54 Å². The van der Waals surface area contributed by atoms with Crippen molar-refractivity contribution >= 4 is 49.9 Å². The molecule has 0 aliphatic rings. The van der Waals surface area contributed by atoms with Gasteiger partial charge in [0.2, 0.25) is 0 Å². The van der Waals surface area contributed by atoms with Crippen LogP contribution in [0.4, 0.5) is 0 Å². The summed E-state index contributed by atoms with van der Waals surface area (Å²) in [4.78, 5) is 1.14. The molecule has 0 bridgehead atoms. The van der Waals surface area contributed by atoms with E-state index in [1.54, 1.807) is 11.3 Å². The minimum atomic E-state index is -0.0774. The van der Waals surface area contributed by atoms with Gasteiger partial charge in [0.15, 0.2) is 0 Å². The molecule has 2 nitrogen and oxygen atoms in total. The predicted molar refractivity (Wildman–Crippen MR) is 83.6 cm³/mol. The number of benzene rings is 1. The van der Waals surface area contributed by atoms with E-state index in [1.165, 1.54) is 3.57 Å². The molecule has 0 amide bonds. The standard InChI is InChI=1S/C12H11BrINOS/c13-12-6-5-11(17-12)10(7-15)16-9-3-1-8(14)2-4-9/h1-6,10H,7,15H2. The predicted octanol–water partition coefficient (Wildman–Crippen LogP) is 4.19. The molecule has 5 heteroatoms. The molecule has 1 aromatic heterocycles. The van der Waals surface area contributed by atoms with Gasteiger partial charge in [0, 0.05) is 15.0 Å². The first kappa shape index (κ1) is 13.3. The van der Waals surface area contributed by atoms with Gasteiger partial charge >= 0.3 is 0 Å². The molecule has 0 aliphatic carbocycles. The Labute approximate surface area is 126 Å². The van der Waals surface area contributed by atoms with Crippen molar-refractivity contribution in [2.24, 2.45) is 5.73 Å². The number of nitrogens with two attached hydrogens (primary N) is 1. The molecule has 1 unspecified atom stereocenters. The van der Waals surface area contributed by atoms with Crippen LogP contribution >= 0.6 is 49.9 Å². The highest BCUT2D eigenvalue weighted by molar-refractivity contribution is 14.1. The second-order valence-electron chi connectivity index (χ2n) is 3.44. The molecule has 1 heterocycles. The topological polar surface area (TPSA) is 35.2 Å². The molecule has 0 radical (unpaired) electrons. The molecule has 17 heavy (non-hydrogen) atoms. The summed E-state index contributed by atoms with van der Waals surface area (Å²) in [5.41, 5.74) is 5.76. The van der Waals surface area contributed by atoms with Crippen LogP contribution in [0.1, 0.15) is 11.0 Å². The Morgan fingerprint density at radius 2 is 1.94 bits per heavy atom. The van der Waals surface area contributed by atoms with Crippen LogP contribution in [0, 0.1) is 3.57 Å². The Balaban J connectivity index is 2.12. The molecule has 90 valence electrons. The molecule has 0 spiro atoms. The Kier molecular flexibility index (Phi) is 4.84. The van der Waals surface area contributed by atoms with Gasteiger partial charge in [-0.3, -0.25) is 0 Å². The van der Waals surface area contributed by atoms with E-state index in [1.807, 2.05) is 36.4 Å². The maximum Gasteiger partial charge on any atom is 0.145 e. The molecule has 1 atom stereocenters. The fourth-order valence-corrected chi connectivity index (χ4v) is 3.23. The third kappa shape index (κ3) is 3.67. The van der Waals surface area contributed by atoms with Crippen LogP contribution in [0.25, 0.3) is 0 Å². The van der Waals surface area contributed by atoms with Crippen molar-refractivity contribution in [1.82, 2.24) is 0 Å². The number of hydrogen-bond donors (Lipinski definition) is 1. The maximum absolute atomic E-state index is 5.88. The summed E-state index contributed by atoms with van der Waals surface area (Å²) in [6.45, 7) is 0.471. The van der Waals surface area contributed by atoms with E-state index in [2.05, 4.69) is 38.5 Å². The summed E-state index contributed by atoms with van der Waals surface area (Å²) < 4.78 is 8.17. The van der Waals surface area contributed by atoms with Crippen molar-refractivity contribution in [1.29, 1.82) is 0 Å². The van der Waals surface area contributed by atoms with E-state index in [4.69, 9.17) is 10.5 Å². The smallest absolute Gasteiger partial charge is 0.145 e. The van der Waals surface area contributed by atoms with E-state index in [9.17, 15) is 0 Å². The van der Waals surface area contributed by atoms with Gasteiger partial charge in [-0.05, 0) is 74.9 Å². The average molecular weight is 424 g/mol. The molecule has 0 fully saturated rings. The highest BCUT2D eigenvalue weighted by Gasteiger charge is 2.13. The van der Waals surface area contributed by atoms with Crippen LogP contribution in [-0.4, -0.2) is 6.54 Å². The van der Waals surface area contributed by atoms with Crippen LogP contribution in [0.2, 0.25) is 0 Å². The summed E-state index contributed by atoms with van der Waals surface area (Å²) >= 11 is 7.37. The zero-order valence-corrected chi connectivity index (χ0v) is 13.5. The summed E-state index contributed by atoms with van der Waals surface area (Å²) in [7, 11) is 0. The first-order valence-electron chi connectivity index (χ1n) is 5.06. The largest absolute Gasteiger partial charge is 0.484 e. The Bertz CT molecular complexity index is 486. The van der Waals surface area contributed by atoms with Crippen LogP contribution in [0.5, 0.6) is 5.75 Å². The Hall–Kier alpha value is -0.110. The first-order valence-corrected chi connectivity index (χ1v) is 7.75. The second-order valence-corrected chi connectivity index (χ2v) is 7.18. The Morgan fingerprint density at radius 3 is 2.47 bits per heavy atom. The third-order valence-corrected chi connectivity index (χ3v) is 4.65. The normalized spacial score (nSPS) is 12.4. The van der Waals surface area contributed by atoms with Crippen LogP contribution in [-0.2, 0) is 0 Å². The monoisotopic (exact) mass is 423 g/mol. The van der Waals surface area contributed by atoms with Crippen molar-refractivity contribution < 1.29 is 4.74 Å². The lowest BCUT2D eigenvalue weighted by Gasteiger charge is -2.15. The van der Waals surface area contributed by atoms with Gasteiger partial charge in [0.05, 0.1) is 3.79 Å². The van der Waals surface area contributed by atoms with Gasteiger partial charge in [0.25, 0.3) is 0 Å². The van der Waals surface area contributed by atoms with Gasteiger partial charge in [-0.15, -0.1) is 11.3 Å². The molecular formula is C12H11BrINOS. The van der Waals surface area contributed by atoms with Crippen LogP contribution < -0.4 is 10.5 Å². The van der Waals surface area contributed by atoms with Crippen LogP contribution in [0.15, 0.2) is 40.2 Å². The molecule has 1 aromatic carbocycles. The lowest BCUT2D eigenvalue weighted by Crippen LogP contribution is -2.17. The SMILES string of the molecule is NCC(Oc1ccc(I)cc1)c1ccc(Br)s1. The van der Waals surface area contributed by atoms with E-state index in [0.29, 0.717) is 6.54 Å². The number of thiophene rings is 1. The van der Waals surface area contributed by atoms with Gasteiger partial charge < -0.3 is 10.5 Å². The summed E-state index contributed by atoms with van der Waals surface area (Å²) in [6.07, 6.45) is -0.0774. The summed E-state index contributed by atoms with van der Waals surface area (Å²) in [5, 5.41) is 0. The van der Waals surface area contributed by atoms with Crippen molar-refractivity contribution in [2.45, 2.75) is 6.10 Å². The zero-order chi connectivity index (χ0) is 12.3. The fraction of sp³-hybridized carbons (Fsp3) is 0.167. The molecule has 2 rings (SSSR count). The number of halogens is 2. The summed E-state index contributed by atoms with van der Waals surface area (Å²) in [6, 6.07) is 12.0. The highest BCUT2D eigenvalue weighted by atomic mass is 127. The zero-order valence-electron chi connectivity index (χ0n) is 8.90. The molecule has 2 N–H and O–H groups in total. The molecule has 0 aliphatic heterocycles. The van der Waals surface area contributed by atoms with E-state index in [0.717, 1.165) is 14.4 Å². The van der Waals surface area contributed by atoms with E-state index >= 15 is 0 Å². The molecule has 0 saturated heterocycles. The van der Waals surface area contributed by atoms with Crippen molar-refractivity contribution in [3.8, 4) is 5.75 Å². The van der Waals surface area contributed by atoms with Crippen molar-refractivity contribution in [3.63, 3.8) is 0 Å². The van der Waals surface area contributed by atoms with Gasteiger partial charge in [-0.2, -0.15) is 0 Å². The second kappa shape index (κ2) is 6.17. The molecule has 0 saturated carbocycles. The highest BCUT2D eigenvalue weighted by Crippen LogP contribution is 2.30. The summed E-state index contributed by atoms with van der Waals surface area (Å²) in [5.74, 6) is 0.852. The lowest BCUT2D eigenvalue weighted by atomic mass is 10.3. The number of hydrogen-bond acceptors (Lipinski definition) is 3.